The van der Waals surface area contributed by atoms with Crippen molar-refractivity contribution < 1.29 is 5.11 Å². The van der Waals surface area contributed by atoms with Gasteiger partial charge in [-0.1, -0.05) is 20.8 Å². The fraction of sp³-hybridized carbons (Fsp3) is 1.00. The normalized spacial score (nSPS) is 13.6. The van der Waals surface area contributed by atoms with E-state index in [1.54, 1.807) is 0 Å². The smallest absolute Gasteiger partial charge is 0.0443 e. The van der Waals surface area contributed by atoms with Gasteiger partial charge in [0.15, 0.2) is 0 Å². The molecular weight excluding hydrogens is 164 g/mol. The number of hydrogen-bond donors (Lipinski definition) is 3. The molecule has 0 rings (SSSR count). The van der Waals surface area contributed by atoms with Crippen molar-refractivity contribution in [2.24, 2.45) is 5.92 Å². The van der Waals surface area contributed by atoms with Gasteiger partial charge in [-0.15, -0.1) is 0 Å². The van der Waals surface area contributed by atoms with Gasteiger partial charge >= 0.3 is 0 Å². The Kier molecular flexibility index (Phi) is 8.40. The summed E-state index contributed by atoms with van der Waals surface area (Å²) in [6.45, 7) is 9.83. The van der Waals surface area contributed by atoms with E-state index < -0.39 is 0 Å². The van der Waals surface area contributed by atoms with Crippen LogP contribution in [0.25, 0.3) is 0 Å². The molecule has 0 saturated heterocycles. The summed E-state index contributed by atoms with van der Waals surface area (Å²) in [5, 5.41) is 15.3. The zero-order chi connectivity index (χ0) is 10.1. The highest BCUT2D eigenvalue weighted by Crippen LogP contribution is 1.91. The topological polar surface area (TPSA) is 44.3 Å². The second kappa shape index (κ2) is 8.48. The highest BCUT2D eigenvalue weighted by Gasteiger charge is 2.01. The van der Waals surface area contributed by atoms with Gasteiger partial charge in [-0.05, 0) is 32.0 Å². The summed E-state index contributed by atoms with van der Waals surface area (Å²) in [7, 11) is 0. The molecule has 0 bridgehead atoms. The van der Waals surface area contributed by atoms with Crippen molar-refractivity contribution in [1.82, 2.24) is 10.6 Å². The van der Waals surface area contributed by atoms with Crippen molar-refractivity contribution in [2.45, 2.75) is 33.2 Å². The maximum Gasteiger partial charge on any atom is 0.0443 e. The molecular formula is C10H24N2O. The third-order valence-electron chi connectivity index (χ3n) is 1.88. The van der Waals surface area contributed by atoms with Gasteiger partial charge in [0.2, 0.25) is 0 Å². The van der Waals surface area contributed by atoms with Gasteiger partial charge in [0, 0.05) is 12.6 Å². The monoisotopic (exact) mass is 188 g/mol. The molecule has 0 aliphatic carbocycles. The third kappa shape index (κ3) is 9.80. The van der Waals surface area contributed by atoms with Crippen molar-refractivity contribution in [1.29, 1.82) is 0 Å². The third-order valence-corrected chi connectivity index (χ3v) is 1.88. The van der Waals surface area contributed by atoms with Crippen LogP contribution in [0.3, 0.4) is 0 Å². The van der Waals surface area contributed by atoms with E-state index in [1.165, 1.54) is 0 Å². The Bertz CT molecular complexity index is 107. The van der Waals surface area contributed by atoms with E-state index in [1.807, 2.05) is 0 Å². The van der Waals surface area contributed by atoms with Gasteiger partial charge in [-0.2, -0.15) is 0 Å². The minimum Gasteiger partial charge on any atom is -0.396 e. The van der Waals surface area contributed by atoms with E-state index in [0.717, 1.165) is 26.1 Å². The van der Waals surface area contributed by atoms with Gasteiger partial charge in [-0.3, -0.25) is 0 Å². The molecule has 0 aliphatic rings. The maximum atomic E-state index is 8.56. The molecule has 0 aromatic heterocycles. The second-order valence-corrected chi connectivity index (χ2v) is 3.95. The molecule has 13 heavy (non-hydrogen) atoms. The summed E-state index contributed by atoms with van der Waals surface area (Å²) < 4.78 is 0. The van der Waals surface area contributed by atoms with Crippen LogP contribution < -0.4 is 10.6 Å². The first-order valence-electron chi connectivity index (χ1n) is 5.21. The van der Waals surface area contributed by atoms with Crippen molar-refractivity contribution in [3.8, 4) is 0 Å². The lowest BCUT2D eigenvalue weighted by Crippen LogP contribution is -2.33. The molecule has 0 saturated carbocycles. The first kappa shape index (κ1) is 12.9. The van der Waals surface area contributed by atoms with E-state index in [-0.39, 0.29) is 6.61 Å². The van der Waals surface area contributed by atoms with Gasteiger partial charge in [0.05, 0.1) is 0 Å². The largest absolute Gasteiger partial charge is 0.396 e. The van der Waals surface area contributed by atoms with Crippen LogP contribution in [-0.2, 0) is 0 Å². The second-order valence-electron chi connectivity index (χ2n) is 3.95. The van der Waals surface area contributed by atoms with Gasteiger partial charge in [0.1, 0.15) is 0 Å². The lowest BCUT2D eigenvalue weighted by Gasteiger charge is -2.15. The molecule has 0 aliphatic heterocycles. The average Bonchev–Trinajstić information content (AvgIpc) is 2.09. The number of hydrogen-bond acceptors (Lipinski definition) is 3. The molecule has 0 amide bonds. The Morgan fingerprint density at radius 1 is 1.15 bits per heavy atom. The standard InChI is InChI=1S/C10H24N2O/c1-9(2)12-8-10(3)7-11-5-4-6-13/h9-13H,4-8H2,1-3H3. The van der Waals surface area contributed by atoms with Crippen LogP contribution in [0.1, 0.15) is 27.2 Å². The van der Waals surface area contributed by atoms with Crippen molar-refractivity contribution >= 4 is 0 Å². The molecule has 3 N–H and O–H groups in total. The molecule has 3 heteroatoms. The highest BCUT2D eigenvalue weighted by molar-refractivity contribution is 4.62. The van der Waals surface area contributed by atoms with E-state index in [2.05, 4.69) is 31.4 Å². The highest BCUT2D eigenvalue weighted by atomic mass is 16.3. The summed E-state index contributed by atoms with van der Waals surface area (Å²) in [6.07, 6.45) is 0.852. The Balaban J connectivity index is 3.15. The van der Waals surface area contributed by atoms with Crippen LogP contribution in [0.2, 0.25) is 0 Å². The lowest BCUT2D eigenvalue weighted by atomic mass is 10.1. The molecule has 1 atom stereocenters. The number of aliphatic hydroxyl groups excluding tert-OH is 1. The Morgan fingerprint density at radius 2 is 1.85 bits per heavy atom. The summed E-state index contributed by atoms with van der Waals surface area (Å²) in [5.41, 5.74) is 0. The Hall–Kier alpha value is -0.120. The van der Waals surface area contributed by atoms with Crippen LogP contribution in [0.5, 0.6) is 0 Å². The fourth-order valence-electron chi connectivity index (χ4n) is 1.06. The molecule has 0 aromatic rings. The molecule has 0 fully saturated rings. The van der Waals surface area contributed by atoms with Crippen LogP contribution in [-0.4, -0.2) is 37.4 Å². The minimum absolute atomic E-state index is 0.283. The van der Waals surface area contributed by atoms with Crippen LogP contribution in [0.4, 0.5) is 0 Å². The quantitative estimate of drug-likeness (QED) is 0.489. The van der Waals surface area contributed by atoms with Gasteiger partial charge in [0.25, 0.3) is 0 Å². The summed E-state index contributed by atoms with van der Waals surface area (Å²) >= 11 is 0. The number of aliphatic hydroxyl groups is 1. The van der Waals surface area contributed by atoms with E-state index >= 15 is 0 Å². The van der Waals surface area contributed by atoms with Crippen LogP contribution in [0.15, 0.2) is 0 Å². The molecule has 3 nitrogen and oxygen atoms in total. The maximum absolute atomic E-state index is 8.56. The zero-order valence-electron chi connectivity index (χ0n) is 9.14. The van der Waals surface area contributed by atoms with Crippen LogP contribution in [0, 0.1) is 5.92 Å². The Labute approximate surface area is 81.9 Å². The molecule has 80 valence electrons. The van der Waals surface area contributed by atoms with Crippen molar-refractivity contribution in [3.05, 3.63) is 0 Å². The first-order valence-corrected chi connectivity index (χ1v) is 5.21. The Morgan fingerprint density at radius 3 is 2.38 bits per heavy atom. The van der Waals surface area contributed by atoms with E-state index in [0.29, 0.717) is 12.0 Å². The lowest BCUT2D eigenvalue weighted by molar-refractivity contribution is 0.284. The summed E-state index contributed by atoms with van der Waals surface area (Å²) in [5.74, 6) is 0.654. The van der Waals surface area contributed by atoms with Crippen molar-refractivity contribution in [2.75, 3.05) is 26.2 Å². The summed E-state index contributed by atoms with van der Waals surface area (Å²) in [4.78, 5) is 0. The number of rotatable bonds is 8. The van der Waals surface area contributed by atoms with Gasteiger partial charge in [-0.25, -0.2) is 0 Å². The fourth-order valence-corrected chi connectivity index (χ4v) is 1.06. The average molecular weight is 188 g/mol. The molecule has 0 aromatic carbocycles. The summed E-state index contributed by atoms with van der Waals surface area (Å²) in [6, 6.07) is 0.569. The molecule has 0 heterocycles. The molecule has 1 unspecified atom stereocenters. The molecule has 0 spiro atoms. The minimum atomic E-state index is 0.283. The van der Waals surface area contributed by atoms with E-state index in [4.69, 9.17) is 5.11 Å². The first-order chi connectivity index (χ1) is 6.16. The van der Waals surface area contributed by atoms with Crippen molar-refractivity contribution in [3.63, 3.8) is 0 Å². The SMILES string of the molecule is CC(CNCCCO)CNC(C)C. The number of nitrogens with one attached hydrogen (secondary N) is 2. The van der Waals surface area contributed by atoms with Gasteiger partial charge < -0.3 is 15.7 Å². The van der Waals surface area contributed by atoms with Crippen LogP contribution >= 0.6 is 0 Å². The molecule has 0 radical (unpaired) electrons. The zero-order valence-corrected chi connectivity index (χ0v) is 9.14. The van der Waals surface area contributed by atoms with E-state index in [9.17, 15) is 0 Å². The predicted molar refractivity (Wildman–Crippen MR) is 56.9 cm³/mol. The predicted octanol–water partition coefficient (Wildman–Crippen LogP) is 0.592.